The van der Waals surface area contributed by atoms with Gasteiger partial charge in [0.05, 0.1) is 19.6 Å². The number of methoxy groups -OCH3 is 1. The lowest BCUT2D eigenvalue weighted by Crippen LogP contribution is -2.32. The van der Waals surface area contributed by atoms with Gasteiger partial charge in [-0.3, -0.25) is 9.59 Å². The first kappa shape index (κ1) is 18.1. The zero-order valence-electron chi connectivity index (χ0n) is 15.0. The van der Waals surface area contributed by atoms with Gasteiger partial charge in [-0.2, -0.15) is 0 Å². The minimum atomic E-state index is -0.282. The third-order valence-corrected chi connectivity index (χ3v) is 4.86. The summed E-state index contributed by atoms with van der Waals surface area (Å²) < 4.78 is 18.5. The second-order valence-electron chi connectivity index (χ2n) is 6.56. The molecule has 1 heterocycles. The van der Waals surface area contributed by atoms with Crippen LogP contribution in [0.3, 0.4) is 0 Å². The number of hydrogen-bond donors (Lipinski definition) is 0. The number of ketones is 1. The molecule has 1 amide bonds. The molecular formula is C21H22FNO3. The van der Waals surface area contributed by atoms with Crippen LogP contribution in [-0.4, -0.2) is 30.2 Å². The van der Waals surface area contributed by atoms with Crippen molar-refractivity contribution in [2.75, 3.05) is 13.7 Å². The molecule has 136 valence electrons. The number of halogens is 1. The van der Waals surface area contributed by atoms with Crippen molar-refractivity contribution in [2.24, 2.45) is 0 Å². The first-order chi connectivity index (χ1) is 12.5. The molecule has 0 aromatic heterocycles. The molecular weight excluding hydrogens is 333 g/mol. The minimum absolute atomic E-state index is 0.0178. The van der Waals surface area contributed by atoms with Gasteiger partial charge in [0.2, 0.25) is 5.91 Å². The van der Waals surface area contributed by atoms with E-state index in [1.165, 1.54) is 19.1 Å². The summed E-state index contributed by atoms with van der Waals surface area (Å²) in [5, 5.41) is 0. The van der Waals surface area contributed by atoms with E-state index < -0.39 is 0 Å². The smallest absolute Gasteiger partial charge is 0.227 e. The Bertz CT molecular complexity index is 817. The maximum Gasteiger partial charge on any atom is 0.227 e. The fourth-order valence-corrected chi connectivity index (χ4v) is 3.50. The first-order valence-corrected chi connectivity index (χ1v) is 8.72. The summed E-state index contributed by atoms with van der Waals surface area (Å²) in [7, 11) is 1.55. The van der Waals surface area contributed by atoms with Crippen molar-refractivity contribution in [1.29, 1.82) is 0 Å². The Morgan fingerprint density at radius 3 is 2.58 bits per heavy atom. The molecule has 3 rings (SSSR count). The number of nitrogens with zero attached hydrogens (tertiary/aromatic N) is 1. The predicted octanol–water partition coefficient (Wildman–Crippen LogP) is 3.94. The lowest BCUT2D eigenvalue weighted by Gasteiger charge is -2.25. The van der Waals surface area contributed by atoms with Crippen LogP contribution >= 0.6 is 0 Å². The lowest BCUT2D eigenvalue weighted by atomic mass is 10.0. The maximum atomic E-state index is 13.2. The molecule has 1 unspecified atom stereocenters. The molecule has 0 N–H and O–H groups in total. The highest BCUT2D eigenvalue weighted by Gasteiger charge is 2.30. The van der Waals surface area contributed by atoms with Crippen molar-refractivity contribution in [2.45, 2.75) is 32.2 Å². The van der Waals surface area contributed by atoms with Gasteiger partial charge in [0.25, 0.3) is 0 Å². The topological polar surface area (TPSA) is 46.6 Å². The lowest BCUT2D eigenvalue weighted by molar-refractivity contribution is -0.131. The summed E-state index contributed by atoms with van der Waals surface area (Å²) in [4.78, 5) is 26.4. The highest BCUT2D eigenvalue weighted by molar-refractivity contribution is 5.94. The van der Waals surface area contributed by atoms with Gasteiger partial charge in [-0.25, -0.2) is 4.39 Å². The van der Waals surface area contributed by atoms with Crippen LogP contribution in [0.1, 0.15) is 47.3 Å². The third kappa shape index (κ3) is 3.77. The molecule has 1 aliphatic rings. The molecule has 1 fully saturated rings. The quantitative estimate of drug-likeness (QED) is 0.763. The molecule has 1 atom stereocenters. The number of hydrogen-bond acceptors (Lipinski definition) is 3. The Balaban J connectivity index is 1.82. The van der Waals surface area contributed by atoms with E-state index in [1.54, 1.807) is 37.4 Å². The molecule has 0 bridgehead atoms. The Labute approximate surface area is 152 Å². The molecule has 1 aliphatic heterocycles. The Kier molecular flexibility index (Phi) is 5.35. The molecule has 26 heavy (non-hydrogen) atoms. The van der Waals surface area contributed by atoms with Crippen molar-refractivity contribution in [3.63, 3.8) is 0 Å². The van der Waals surface area contributed by atoms with Gasteiger partial charge < -0.3 is 9.64 Å². The van der Waals surface area contributed by atoms with Gasteiger partial charge in [0.15, 0.2) is 5.78 Å². The Hall–Kier alpha value is -2.69. The van der Waals surface area contributed by atoms with Crippen LogP contribution in [0.5, 0.6) is 5.75 Å². The third-order valence-electron chi connectivity index (χ3n) is 4.86. The summed E-state index contributed by atoms with van der Waals surface area (Å²) in [6, 6.07) is 11.4. The fraction of sp³-hybridized carbons (Fsp3) is 0.333. The first-order valence-electron chi connectivity index (χ1n) is 8.72. The summed E-state index contributed by atoms with van der Waals surface area (Å²) in [5.74, 6) is 0.249. The predicted molar refractivity (Wildman–Crippen MR) is 96.8 cm³/mol. The fourth-order valence-electron chi connectivity index (χ4n) is 3.50. The molecule has 1 saturated heterocycles. The number of likely N-dealkylation sites (tertiary alicyclic amines) is 1. The second kappa shape index (κ2) is 7.68. The monoisotopic (exact) mass is 355 g/mol. The SMILES string of the molecule is COc1ccc(C(C)=O)cc1CC(=O)N1CCCC1c1ccc(F)cc1. The molecule has 4 nitrogen and oxygen atoms in total. The van der Waals surface area contributed by atoms with E-state index in [1.807, 2.05) is 4.90 Å². The van der Waals surface area contributed by atoms with Crippen molar-refractivity contribution in [3.8, 4) is 5.75 Å². The minimum Gasteiger partial charge on any atom is -0.496 e. The number of carbonyl (C=O) groups is 2. The van der Waals surface area contributed by atoms with E-state index >= 15 is 0 Å². The standard InChI is InChI=1S/C21H22FNO3/c1-14(24)16-7-10-20(26-2)17(12-16)13-21(25)23-11-3-4-19(23)15-5-8-18(22)9-6-15/h5-10,12,19H,3-4,11,13H2,1-2H3. The van der Waals surface area contributed by atoms with Crippen LogP contribution < -0.4 is 4.74 Å². The van der Waals surface area contributed by atoms with Gasteiger partial charge in [0, 0.05) is 17.7 Å². The number of rotatable bonds is 5. The number of benzene rings is 2. The van der Waals surface area contributed by atoms with Gasteiger partial charge >= 0.3 is 0 Å². The van der Waals surface area contributed by atoms with Crippen molar-refractivity contribution in [1.82, 2.24) is 4.90 Å². The summed E-state index contributed by atoms with van der Waals surface area (Å²) >= 11 is 0. The number of Topliss-reactive ketones (excluding diaryl/α,β-unsaturated/α-hetero) is 1. The molecule has 2 aromatic rings. The zero-order chi connectivity index (χ0) is 18.7. The Morgan fingerprint density at radius 1 is 1.19 bits per heavy atom. The highest BCUT2D eigenvalue weighted by atomic mass is 19.1. The molecule has 5 heteroatoms. The van der Waals surface area contributed by atoms with E-state index in [2.05, 4.69) is 0 Å². The molecule has 0 saturated carbocycles. The summed E-state index contributed by atoms with van der Waals surface area (Å²) in [6.07, 6.45) is 1.95. The van der Waals surface area contributed by atoms with Crippen molar-refractivity contribution in [3.05, 3.63) is 65.0 Å². The number of carbonyl (C=O) groups excluding carboxylic acids is 2. The van der Waals surface area contributed by atoms with E-state index in [4.69, 9.17) is 4.74 Å². The summed E-state index contributed by atoms with van der Waals surface area (Å²) in [5.41, 5.74) is 2.21. The van der Waals surface area contributed by atoms with Crippen molar-refractivity contribution < 1.29 is 18.7 Å². The number of ether oxygens (including phenoxy) is 1. The average molecular weight is 355 g/mol. The molecule has 0 radical (unpaired) electrons. The summed E-state index contributed by atoms with van der Waals surface area (Å²) in [6.45, 7) is 2.17. The van der Waals surface area contributed by atoms with E-state index in [-0.39, 0.29) is 30.0 Å². The van der Waals surface area contributed by atoms with E-state index in [0.717, 1.165) is 18.4 Å². The van der Waals surface area contributed by atoms with Gasteiger partial charge in [-0.1, -0.05) is 12.1 Å². The van der Waals surface area contributed by atoms with Gasteiger partial charge in [0.1, 0.15) is 11.6 Å². The van der Waals surface area contributed by atoms with Crippen LogP contribution in [-0.2, 0) is 11.2 Å². The van der Waals surface area contributed by atoms with Gasteiger partial charge in [-0.05, 0) is 55.7 Å². The molecule has 0 aliphatic carbocycles. The van der Waals surface area contributed by atoms with Crippen LogP contribution in [0, 0.1) is 5.82 Å². The maximum absolute atomic E-state index is 13.2. The second-order valence-corrected chi connectivity index (χ2v) is 6.56. The zero-order valence-corrected chi connectivity index (χ0v) is 15.0. The van der Waals surface area contributed by atoms with Crippen LogP contribution in [0.25, 0.3) is 0 Å². The highest BCUT2D eigenvalue weighted by Crippen LogP contribution is 2.33. The van der Waals surface area contributed by atoms with Crippen LogP contribution in [0.15, 0.2) is 42.5 Å². The van der Waals surface area contributed by atoms with Gasteiger partial charge in [-0.15, -0.1) is 0 Å². The van der Waals surface area contributed by atoms with E-state index in [0.29, 0.717) is 23.4 Å². The number of amides is 1. The normalized spacial score (nSPS) is 16.6. The Morgan fingerprint density at radius 2 is 1.92 bits per heavy atom. The largest absolute Gasteiger partial charge is 0.496 e. The molecule has 0 spiro atoms. The average Bonchev–Trinajstić information content (AvgIpc) is 3.12. The van der Waals surface area contributed by atoms with Crippen LogP contribution in [0.2, 0.25) is 0 Å². The van der Waals surface area contributed by atoms with E-state index in [9.17, 15) is 14.0 Å². The molecule has 2 aromatic carbocycles. The van der Waals surface area contributed by atoms with Crippen LogP contribution in [0.4, 0.5) is 4.39 Å². The van der Waals surface area contributed by atoms with Crippen molar-refractivity contribution >= 4 is 11.7 Å².